The molecular weight excluding hydrogens is 224 g/mol. The number of allylic oxidation sites excluding steroid dienone is 2. The van der Waals surface area contributed by atoms with E-state index >= 15 is 0 Å². The van der Waals surface area contributed by atoms with Crippen LogP contribution in [0.2, 0.25) is 0 Å². The summed E-state index contributed by atoms with van der Waals surface area (Å²) in [7, 11) is 0. The summed E-state index contributed by atoms with van der Waals surface area (Å²) in [5.74, 6) is 0.530. The van der Waals surface area contributed by atoms with Crippen LogP contribution in [0.25, 0.3) is 11.1 Å². The molecule has 0 radical (unpaired) electrons. The van der Waals surface area contributed by atoms with Crippen LogP contribution in [0.15, 0.2) is 24.5 Å². The van der Waals surface area contributed by atoms with E-state index in [9.17, 15) is 0 Å². The highest BCUT2D eigenvalue weighted by Crippen LogP contribution is 2.24. The Morgan fingerprint density at radius 3 is 2.94 bits per heavy atom. The molecular formula is C14H20N4. The van der Waals surface area contributed by atoms with Crippen LogP contribution in [0.3, 0.4) is 0 Å². The Hall–Kier alpha value is -1.84. The summed E-state index contributed by atoms with van der Waals surface area (Å²) in [6.07, 6.45) is 8.29. The summed E-state index contributed by atoms with van der Waals surface area (Å²) in [5.41, 5.74) is 9.21. The zero-order valence-corrected chi connectivity index (χ0v) is 11.1. The van der Waals surface area contributed by atoms with Crippen molar-refractivity contribution in [3.63, 3.8) is 0 Å². The first-order valence-corrected chi connectivity index (χ1v) is 6.55. The molecule has 0 bridgehead atoms. The Labute approximate surface area is 108 Å². The number of rotatable bonds is 5. The minimum Gasteiger partial charge on any atom is -0.382 e. The maximum Gasteiger partial charge on any atom is 0.151 e. The van der Waals surface area contributed by atoms with Crippen molar-refractivity contribution in [2.24, 2.45) is 0 Å². The lowest BCUT2D eigenvalue weighted by molar-refractivity contribution is 0.810. The van der Waals surface area contributed by atoms with Crippen molar-refractivity contribution in [2.45, 2.75) is 39.5 Å². The van der Waals surface area contributed by atoms with Gasteiger partial charge in [-0.05, 0) is 37.0 Å². The molecule has 0 fully saturated rings. The van der Waals surface area contributed by atoms with Crippen molar-refractivity contribution in [1.29, 1.82) is 0 Å². The van der Waals surface area contributed by atoms with E-state index in [1.165, 1.54) is 24.7 Å². The van der Waals surface area contributed by atoms with Gasteiger partial charge in [0, 0.05) is 0 Å². The number of nitrogen functional groups attached to an aromatic ring is 1. The van der Waals surface area contributed by atoms with Crippen molar-refractivity contribution in [2.75, 3.05) is 5.73 Å². The molecule has 0 unspecified atom stereocenters. The number of nitrogens with zero attached hydrogens (tertiary/aromatic N) is 3. The van der Waals surface area contributed by atoms with Gasteiger partial charge >= 0.3 is 0 Å². The number of fused-ring (bicyclic) bond motifs is 1. The average molecular weight is 244 g/mol. The molecule has 0 saturated heterocycles. The topological polar surface area (TPSA) is 56.2 Å². The first-order chi connectivity index (χ1) is 8.77. The molecule has 4 nitrogen and oxygen atoms in total. The summed E-state index contributed by atoms with van der Waals surface area (Å²) in [6.45, 7) is 4.37. The van der Waals surface area contributed by atoms with E-state index in [4.69, 9.17) is 5.73 Å². The van der Waals surface area contributed by atoms with Crippen molar-refractivity contribution >= 4 is 16.9 Å². The highest BCUT2D eigenvalue weighted by molar-refractivity contribution is 5.72. The molecule has 0 aliphatic rings. The predicted molar refractivity (Wildman–Crippen MR) is 75.2 cm³/mol. The summed E-state index contributed by atoms with van der Waals surface area (Å²) in [5, 5.41) is 4.30. The van der Waals surface area contributed by atoms with Crippen LogP contribution >= 0.6 is 0 Å². The van der Waals surface area contributed by atoms with Gasteiger partial charge in [0.25, 0.3) is 0 Å². The fourth-order valence-corrected chi connectivity index (χ4v) is 2.14. The lowest BCUT2D eigenvalue weighted by atomic mass is 10.0. The van der Waals surface area contributed by atoms with Gasteiger partial charge in [-0.1, -0.05) is 26.3 Å². The van der Waals surface area contributed by atoms with Gasteiger partial charge in [0.2, 0.25) is 0 Å². The van der Waals surface area contributed by atoms with Crippen LogP contribution in [0.1, 0.15) is 45.2 Å². The van der Waals surface area contributed by atoms with Crippen LogP contribution in [-0.2, 0) is 0 Å². The molecule has 18 heavy (non-hydrogen) atoms. The summed E-state index contributed by atoms with van der Waals surface area (Å²) in [4.78, 5) is 4.01. The number of aromatic nitrogens is 3. The quantitative estimate of drug-likeness (QED) is 0.878. The second-order valence-corrected chi connectivity index (χ2v) is 4.40. The third kappa shape index (κ3) is 2.37. The molecule has 2 N–H and O–H groups in total. The van der Waals surface area contributed by atoms with Gasteiger partial charge in [0.15, 0.2) is 5.82 Å². The van der Waals surface area contributed by atoms with Gasteiger partial charge in [-0.15, -0.1) is 0 Å². The van der Waals surface area contributed by atoms with Crippen LogP contribution in [0.4, 0.5) is 5.82 Å². The molecule has 0 atom stereocenters. The SMILES string of the molecule is CC/C=C(\CCCC)c1ccc2c(N)ncnn12. The normalized spacial score (nSPS) is 12.2. The molecule has 4 heteroatoms. The molecule has 0 aromatic carbocycles. The first kappa shape index (κ1) is 12.6. The van der Waals surface area contributed by atoms with E-state index in [1.807, 2.05) is 10.6 Å². The molecule has 96 valence electrons. The minimum absolute atomic E-state index is 0.530. The van der Waals surface area contributed by atoms with Crippen LogP contribution < -0.4 is 5.73 Å². The van der Waals surface area contributed by atoms with Gasteiger partial charge in [-0.25, -0.2) is 9.50 Å². The number of unbranched alkanes of at least 4 members (excludes halogenated alkanes) is 1. The highest BCUT2D eigenvalue weighted by Gasteiger charge is 2.09. The fraction of sp³-hybridized carbons (Fsp3) is 0.429. The van der Waals surface area contributed by atoms with Crippen molar-refractivity contribution < 1.29 is 0 Å². The second-order valence-electron chi connectivity index (χ2n) is 4.40. The Morgan fingerprint density at radius 1 is 1.39 bits per heavy atom. The average Bonchev–Trinajstić information content (AvgIpc) is 2.80. The van der Waals surface area contributed by atoms with Crippen LogP contribution in [-0.4, -0.2) is 14.6 Å². The zero-order valence-electron chi connectivity index (χ0n) is 11.1. The van der Waals surface area contributed by atoms with Crippen LogP contribution in [0.5, 0.6) is 0 Å². The summed E-state index contributed by atoms with van der Waals surface area (Å²) < 4.78 is 1.89. The summed E-state index contributed by atoms with van der Waals surface area (Å²) >= 11 is 0. The molecule has 0 amide bonds. The van der Waals surface area contributed by atoms with E-state index < -0.39 is 0 Å². The van der Waals surface area contributed by atoms with E-state index in [0.29, 0.717) is 5.82 Å². The lowest BCUT2D eigenvalue weighted by Crippen LogP contribution is -2.01. The third-order valence-electron chi connectivity index (χ3n) is 3.06. The Balaban J connectivity index is 2.45. The number of anilines is 1. The molecule has 2 aromatic heterocycles. The van der Waals surface area contributed by atoms with Gasteiger partial charge < -0.3 is 5.73 Å². The summed E-state index contributed by atoms with van der Waals surface area (Å²) in [6, 6.07) is 4.07. The van der Waals surface area contributed by atoms with Crippen molar-refractivity contribution in [3.8, 4) is 0 Å². The van der Waals surface area contributed by atoms with E-state index in [0.717, 1.165) is 24.1 Å². The molecule has 0 saturated carbocycles. The third-order valence-corrected chi connectivity index (χ3v) is 3.06. The second kappa shape index (κ2) is 5.67. The zero-order chi connectivity index (χ0) is 13.0. The number of hydrogen-bond acceptors (Lipinski definition) is 3. The Bertz CT molecular complexity index is 554. The highest BCUT2D eigenvalue weighted by atomic mass is 15.3. The van der Waals surface area contributed by atoms with Gasteiger partial charge in [-0.2, -0.15) is 5.10 Å². The maximum atomic E-state index is 5.85. The fourth-order valence-electron chi connectivity index (χ4n) is 2.14. The molecule has 0 spiro atoms. The standard InChI is InChI=1S/C14H20N4/c1-3-5-7-11(6-4-2)12-8-9-13-14(15)16-10-17-18(12)13/h6,8-10H,3-5,7H2,1-2H3,(H2,15,16,17)/b11-6+. The lowest BCUT2D eigenvalue weighted by Gasteiger charge is -2.07. The van der Waals surface area contributed by atoms with Gasteiger partial charge in [0.1, 0.15) is 11.8 Å². The first-order valence-electron chi connectivity index (χ1n) is 6.55. The number of nitrogens with two attached hydrogens (primary N) is 1. The molecule has 0 aliphatic heterocycles. The Kier molecular flexibility index (Phi) is 3.97. The molecule has 2 aromatic rings. The Morgan fingerprint density at radius 2 is 2.22 bits per heavy atom. The van der Waals surface area contributed by atoms with Gasteiger partial charge in [0.05, 0.1) is 5.69 Å². The number of hydrogen-bond donors (Lipinski definition) is 1. The van der Waals surface area contributed by atoms with E-state index in [1.54, 1.807) is 0 Å². The molecule has 2 rings (SSSR count). The maximum absolute atomic E-state index is 5.85. The molecule has 0 aliphatic carbocycles. The largest absolute Gasteiger partial charge is 0.382 e. The van der Waals surface area contributed by atoms with Gasteiger partial charge in [-0.3, -0.25) is 0 Å². The molecule has 2 heterocycles. The van der Waals surface area contributed by atoms with E-state index in [-0.39, 0.29) is 0 Å². The monoisotopic (exact) mass is 244 g/mol. The van der Waals surface area contributed by atoms with E-state index in [2.05, 4.69) is 36.1 Å². The van der Waals surface area contributed by atoms with Crippen molar-refractivity contribution in [1.82, 2.24) is 14.6 Å². The van der Waals surface area contributed by atoms with Crippen LogP contribution in [0, 0.1) is 0 Å². The minimum atomic E-state index is 0.530. The smallest absolute Gasteiger partial charge is 0.151 e. The van der Waals surface area contributed by atoms with Crippen molar-refractivity contribution in [3.05, 3.63) is 30.2 Å². The predicted octanol–water partition coefficient (Wildman–Crippen LogP) is 3.30.